The van der Waals surface area contributed by atoms with E-state index in [1.54, 1.807) is 36.4 Å². The number of rotatable bonds is 10. The van der Waals surface area contributed by atoms with Crippen LogP contribution in [0.4, 0.5) is 5.82 Å². The number of nitrogens with one attached hydrogen (secondary N) is 1. The number of thiophene rings is 1. The first-order chi connectivity index (χ1) is 16.9. The van der Waals surface area contributed by atoms with Crippen LogP contribution in [0.15, 0.2) is 52.6 Å². The Balaban J connectivity index is 1.66. The Hall–Kier alpha value is -3.53. The lowest BCUT2D eigenvalue weighted by Crippen LogP contribution is -2.60. The van der Waals surface area contributed by atoms with Crippen molar-refractivity contribution in [1.82, 2.24) is 15.0 Å². The third-order valence-corrected chi connectivity index (χ3v) is 7.37. The van der Waals surface area contributed by atoms with Crippen LogP contribution in [0.5, 0.6) is 0 Å². The van der Waals surface area contributed by atoms with Crippen LogP contribution in [0.25, 0.3) is 0 Å². The summed E-state index contributed by atoms with van der Waals surface area (Å²) in [7, 11) is 0. The lowest BCUT2D eigenvalue weighted by molar-refractivity contribution is -0.153. The molecule has 0 bridgehead atoms. The zero-order chi connectivity index (χ0) is 24.8. The predicted molar refractivity (Wildman–Crippen MR) is 131 cm³/mol. The largest absolute Gasteiger partial charge is 0.367 e. The number of nitrogens with two attached hydrogens (primary N) is 1. The van der Waals surface area contributed by atoms with Crippen LogP contribution in [-0.2, 0) is 26.5 Å². The molecule has 1 saturated carbocycles. The van der Waals surface area contributed by atoms with Crippen LogP contribution in [0.2, 0.25) is 0 Å². The number of nitrogens with zero attached hydrogens (tertiary/aromatic N) is 3. The molecule has 10 heteroatoms. The number of anilines is 1. The molecule has 0 aromatic carbocycles. The molecule has 3 amide bonds. The van der Waals surface area contributed by atoms with E-state index < -0.39 is 11.4 Å². The standard InChI is InChI=1S/C25H29N5O4S/c1-17-14-21(29-34-17)28-22(31)10-11-23(32)30(16-20-9-5-13-35-20)25(24(26)33,18-6-2-3-7-18)19-8-4-12-27-15-19/h4-5,8-9,12-15,18H,2-3,6-7,10-11,16H2,1H3,(H2,26,33)(H,28,29,31). The van der Waals surface area contributed by atoms with Crippen LogP contribution < -0.4 is 11.1 Å². The topological polar surface area (TPSA) is 131 Å². The first-order valence-electron chi connectivity index (χ1n) is 11.7. The summed E-state index contributed by atoms with van der Waals surface area (Å²) in [5.74, 6) is -0.542. The highest BCUT2D eigenvalue weighted by atomic mass is 32.1. The Kier molecular flexibility index (Phi) is 7.60. The summed E-state index contributed by atoms with van der Waals surface area (Å²) < 4.78 is 4.97. The fraction of sp³-hybridized carbons (Fsp3) is 0.400. The van der Waals surface area contributed by atoms with Crippen LogP contribution >= 0.6 is 11.3 Å². The van der Waals surface area contributed by atoms with Crippen molar-refractivity contribution in [3.8, 4) is 0 Å². The van der Waals surface area contributed by atoms with Gasteiger partial charge in [-0.15, -0.1) is 11.3 Å². The zero-order valence-corrected chi connectivity index (χ0v) is 20.4. The first kappa shape index (κ1) is 24.6. The van der Waals surface area contributed by atoms with Gasteiger partial charge in [-0.3, -0.25) is 19.4 Å². The fourth-order valence-electron chi connectivity index (χ4n) is 4.97. The number of primary amides is 1. The average Bonchev–Trinajstić information content (AvgIpc) is 3.62. The van der Waals surface area contributed by atoms with E-state index in [1.807, 2.05) is 23.6 Å². The number of carbonyl (C=O) groups is 3. The second-order valence-corrected chi connectivity index (χ2v) is 9.82. The number of carbonyl (C=O) groups excluding carboxylic acids is 3. The summed E-state index contributed by atoms with van der Waals surface area (Å²) >= 11 is 1.50. The van der Waals surface area contributed by atoms with E-state index in [9.17, 15) is 14.4 Å². The minimum Gasteiger partial charge on any atom is -0.367 e. The highest BCUT2D eigenvalue weighted by Gasteiger charge is 2.53. The van der Waals surface area contributed by atoms with Gasteiger partial charge >= 0.3 is 0 Å². The number of hydrogen-bond acceptors (Lipinski definition) is 7. The van der Waals surface area contributed by atoms with Gasteiger partial charge in [-0.05, 0) is 43.2 Å². The summed E-state index contributed by atoms with van der Waals surface area (Å²) in [5, 5.41) is 8.32. The van der Waals surface area contributed by atoms with Crippen molar-refractivity contribution in [2.75, 3.05) is 5.32 Å². The molecule has 1 aliphatic carbocycles. The smallest absolute Gasteiger partial charge is 0.248 e. The van der Waals surface area contributed by atoms with Crippen molar-refractivity contribution in [1.29, 1.82) is 0 Å². The molecule has 4 rings (SSSR count). The van der Waals surface area contributed by atoms with E-state index in [1.165, 1.54) is 11.3 Å². The molecule has 3 aromatic heterocycles. The monoisotopic (exact) mass is 495 g/mol. The van der Waals surface area contributed by atoms with Crippen LogP contribution in [0.3, 0.4) is 0 Å². The van der Waals surface area contributed by atoms with Crippen molar-refractivity contribution in [3.05, 3.63) is 64.3 Å². The maximum Gasteiger partial charge on any atom is 0.248 e. The van der Waals surface area contributed by atoms with Gasteiger partial charge in [-0.1, -0.05) is 30.1 Å². The Morgan fingerprint density at radius 3 is 2.63 bits per heavy atom. The number of amides is 3. The Bertz CT molecular complexity index is 1160. The normalized spacial score (nSPS) is 15.5. The fourth-order valence-corrected chi connectivity index (χ4v) is 5.67. The molecule has 1 atom stereocenters. The van der Waals surface area contributed by atoms with E-state index >= 15 is 0 Å². The van der Waals surface area contributed by atoms with Crippen molar-refractivity contribution in [3.63, 3.8) is 0 Å². The van der Waals surface area contributed by atoms with E-state index in [0.717, 1.165) is 30.6 Å². The van der Waals surface area contributed by atoms with Crippen molar-refractivity contribution >= 4 is 34.9 Å². The first-order valence-corrected chi connectivity index (χ1v) is 12.6. The lowest BCUT2D eigenvalue weighted by Gasteiger charge is -2.46. The van der Waals surface area contributed by atoms with Gasteiger partial charge in [-0.25, -0.2) is 0 Å². The predicted octanol–water partition coefficient (Wildman–Crippen LogP) is 3.76. The lowest BCUT2D eigenvalue weighted by atomic mass is 9.75. The van der Waals surface area contributed by atoms with Gasteiger partial charge < -0.3 is 20.5 Å². The number of hydrogen-bond donors (Lipinski definition) is 2. The van der Waals surface area contributed by atoms with Crippen molar-refractivity contribution in [2.45, 2.75) is 57.5 Å². The minimum atomic E-state index is -1.36. The van der Waals surface area contributed by atoms with Crippen molar-refractivity contribution in [2.24, 2.45) is 11.7 Å². The van der Waals surface area contributed by atoms with E-state index in [-0.39, 0.29) is 37.1 Å². The summed E-state index contributed by atoms with van der Waals surface area (Å²) in [6.07, 6.45) is 6.56. The van der Waals surface area contributed by atoms with Gasteiger partial charge in [0.05, 0.1) is 6.54 Å². The van der Waals surface area contributed by atoms with Crippen LogP contribution in [-0.4, -0.2) is 32.8 Å². The third-order valence-electron chi connectivity index (χ3n) is 6.51. The van der Waals surface area contributed by atoms with Gasteiger partial charge in [0.1, 0.15) is 5.76 Å². The molecule has 3 heterocycles. The van der Waals surface area contributed by atoms with Gasteiger partial charge in [0.25, 0.3) is 0 Å². The Morgan fingerprint density at radius 1 is 1.23 bits per heavy atom. The molecule has 0 spiro atoms. The summed E-state index contributed by atoms with van der Waals surface area (Å²) in [6.45, 7) is 1.94. The van der Waals surface area contributed by atoms with E-state index in [4.69, 9.17) is 10.3 Å². The molecule has 3 aromatic rings. The maximum atomic E-state index is 13.8. The van der Waals surface area contributed by atoms with Gasteiger partial charge in [0.2, 0.25) is 17.7 Å². The highest BCUT2D eigenvalue weighted by Crippen LogP contribution is 2.46. The summed E-state index contributed by atoms with van der Waals surface area (Å²) in [5.41, 5.74) is 5.40. The molecule has 35 heavy (non-hydrogen) atoms. The molecule has 0 aliphatic heterocycles. The molecule has 0 saturated heterocycles. The zero-order valence-electron chi connectivity index (χ0n) is 19.6. The second-order valence-electron chi connectivity index (χ2n) is 8.78. The molecule has 1 aliphatic rings. The Morgan fingerprint density at radius 2 is 2.03 bits per heavy atom. The second kappa shape index (κ2) is 10.8. The van der Waals surface area contributed by atoms with Gasteiger partial charge in [0.15, 0.2) is 11.4 Å². The minimum absolute atomic E-state index is 0.0712. The maximum absolute atomic E-state index is 13.8. The quantitative estimate of drug-likeness (QED) is 0.440. The third kappa shape index (κ3) is 5.27. The molecule has 3 N–H and O–H groups in total. The Labute approximate surface area is 207 Å². The number of pyridine rings is 1. The van der Waals surface area contributed by atoms with Crippen LogP contribution in [0.1, 0.15) is 54.7 Å². The molecule has 184 valence electrons. The summed E-state index contributed by atoms with van der Waals surface area (Å²) in [6, 6.07) is 8.99. The van der Waals surface area contributed by atoms with Crippen molar-refractivity contribution < 1.29 is 18.9 Å². The number of aryl methyl sites for hydroxylation is 1. The van der Waals surface area contributed by atoms with Crippen LogP contribution in [0, 0.1) is 12.8 Å². The molecule has 1 unspecified atom stereocenters. The molecule has 0 radical (unpaired) electrons. The average molecular weight is 496 g/mol. The van der Waals surface area contributed by atoms with Gasteiger partial charge in [0, 0.05) is 41.7 Å². The van der Waals surface area contributed by atoms with E-state index in [0.29, 0.717) is 17.1 Å². The summed E-state index contributed by atoms with van der Waals surface area (Å²) in [4.78, 5) is 46.4. The highest BCUT2D eigenvalue weighted by molar-refractivity contribution is 7.09. The SMILES string of the molecule is Cc1cc(NC(=O)CCC(=O)N(Cc2cccs2)C(C(N)=O)(c2cccnc2)C2CCCC2)no1. The molecular formula is C25H29N5O4S. The van der Waals surface area contributed by atoms with E-state index in [2.05, 4.69) is 15.5 Å². The van der Waals surface area contributed by atoms with Gasteiger partial charge in [-0.2, -0.15) is 0 Å². The molecular weight excluding hydrogens is 466 g/mol. The number of aromatic nitrogens is 2. The molecule has 9 nitrogen and oxygen atoms in total. The molecule has 1 fully saturated rings.